The summed E-state index contributed by atoms with van der Waals surface area (Å²) in [4.78, 5) is 33.4. The van der Waals surface area contributed by atoms with Crippen LogP contribution in [0.15, 0.2) is 72.8 Å². The number of aryl methyl sites for hydroxylation is 1. The fourth-order valence-electron chi connectivity index (χ4n) is 6.56. The lowest BCUT2D eigenvalue weighted by Crippen LogP contribution is -2.46. The maximum Gasteiger partial charge on any atom is 0.346 e. The van der Waals surface area contributed by atoms with Crippen molar-refractivity contribution in [3.63, 3.8) is 0 Å². The van der Waals surface area contributed by atoms with Crippen LogP contribution in [-0.4, -0.2) is 38.4 Å². The van der Waals surface area contributed by atoms with Gasteiger partial charge in [-0.25, -0.2) is 9.63 Å². The molecule has 2 N–H and O–H groups in total. The van der Waals surface area contributed by atoms with E-state index in [-0.39, 0.29) is 12.5 Å². The predicted molar refractivity (Wildman–Crippen MR) is 180 cm³/mol. The largest absolute Gasteiger partial charge is 0.358 e. The van der Waals surface area contributed by atoms with Crippen LogP contribution in [0.1, 0.15) is 52.8 Å². The van der Waals surface area contributed by atoms with Crippen LogP contribution in [0.4, 0.5) is 10.5 Å². The number of nitrogens with zero attached hydrogens (tertiary/aromatic N) is 1. The molecule has 1 aromatic heterocycles. The van der Waals surface area contributed by atoms with E-state index in [1.807, 2.05) is 24.3 Å². The van der Waals surface area contributed by atoms with Crippen molar-refractivity contribution >= 4 is 40.6 Å². The van der Waals surface area contributed by atoms with E-state index in [0.717, 1.165) is 49.0 Å². The number of rotatable bonds is 7. The van der Waals surface area contributed by atoms with Crippen LogP contribution in [0, 0.1) is 0 Å². The van der Waals surface area contributed by atoms with Gasteiger partial charge in [-0.3, -0.25) is 4.79 Å². The number of nitrogens with one attached hydrogen (secondary N) is 2. The lowest BCUT2D eigenvalue weighted by atomic mass is 9.78. The zero-order chi connectivity index (χ0) is 30.8. The monoisotopic (exact) mass is 619 g/mol. The number of benzene rings is 3. The zero-order valence-corrected chi connectivity index (χ0v) is 26.3. The maximum absolute atomic E-state index is 13.2. The number of hydrogen-bond donors (Lipinski definition) is 2. The molecule has 8 heteroatoms. The third-order valence-electron chi connectivity index (χ3n) is 8.91. The number of carbonyl (C=O) groups is 2. The molecule has 0 bridgehead atoms. The van der Waals surface area contributed by atoms with E-state index in [0.29, 0.717) is 18.7 Å². The molecule has 1 aliphatic heterocycles. The van der Waals surface area contributed by atoms with Crippen LogP contribution in [0.3, 0.4) is 0 Å². The average molecular weight is 620 g/mol. The van der Waals surface area contributed by atoms with E-state index >= 15 is 0 Å². The summed E-state index contributed by atoms with van der Waals surface area (Å²) >= 11 is 1.76. The molecule has 45 heavy (non-hydrogen) atoms. The first-order valence-electron chi connectivity index (χ1n) is 15.8. The van der Waals surface area contributed by atoms with Gasteiger partial charge in [0, 0.05) is 29.8 Å². The van der Waals surface area contributed by atoms with Gasteiger partial charge >= 0.3 is 6.03 Å². The van der Waals surface area contributed by atoms with Crippen LogP contribution in [-0.2, 0) is 33.6 Å². The van der Waals surface area contributed by atoms with Gasteiger partial charge in [0.1, 0.15) is 0 Å². The first-order valence-corrected chi connectivity index (χ1v) is 16.6. The standard InChI is InChI=1S/C37H37N3O4S/c1-38-35(41)23-39-37(42)40(44-36-11-4-5-20-43-36)28-9-6-8-26(22-28)33-18-19-34(45-33)27-14-15-30-25(21-27)13-17-31-29-10-3-2-7-24(29)12-16-32(30)31/h2-3,6-10,13,17-19,21-22,36H,4-5,11-12,14-16,20,23H2,1H3,(H,38,41)(H,39,42). The van der Waals surface area contributed by atoms with Crippen molar-refractivity contribution in [2.24, 2.45) is 0 Å². The van der Waals surface area contributed by atoms with Gasteiger partial charge in [0.2, 0.25) is 5.91 Å². The SMILES string of the molecule is CNC(=O)CNC(=O)N(OC1CCCCO1)c1cccc(-c2ccc(C3=Cc4ccc5c(c4CC3)CCc3ccccc3-5)s2)c1. The van der Waals surface area contributed by atoms with Crippen molar-refractivity contribution in [2.45, 2.75) is 51.2 Å². The summed E-state index contributed by atoms with van der Waals surface area (Å²) in [5.41, 5.74) is 11.5. The number of urea groups is 1. The van der Waals surface area contributed by atoms with E-state index < -0.39 is 12.3 Å². The van der Waals surface area contributed by atoms with E-state index in [4.69, 9.17) is 9.57 Å². The smallest absolute Gasteiger partial charge is 0.346 e. The molecular weight excluding hydrogens is 582 g/mol. The summed E-state index contributed by atoms with van der Waals surface area (Å²) in [5.74, 6) is -0.290. The third-order valence-corrected chi connectivity index (χ3v) is 10.1. The normalized spacial score (nSPS) is 16.9. The Balaban J connectivity index is 1.13. The van der Waals surface area contributed by atoms with E-state index in [9.17, 15) is 9.59 Å². The number of fused-ring (bicyclic) bond motifs is 5. The average Bonchev–Trinajstić information content (AvgIpc) is 3.60. The number of hydroxylamine groups is 1. The minimum atomic E-state index is -0.525. The Morgan fingerprint density at radius 3 is 2.64 bits per heavy atom. The number of carbonyl (C=O) groups excluding carboxylic acids is 2. The lowest BCUT2D eigenvalue weighted by molar-refractivity contribution is -0.163. The highest BCUT2D eigenvalue weighted by molar-refractivity contribution is 7.16. The maximum atomic E-state index is 13.2. The summed E-state index contributed by atoms with van der Waals surface area (Å²) in [7, 11) is 1.53. The number of likely N-dealkylation sites (N-methyl/N-ethyl adjacent to an activating group) is 1. The molecule has 0 radical (unpaired) electrons. The lowest BCUT2D eigenvalue weighted by Gasteiger charge is -2.29. The number of ether oxygens (including phenoxy) is 1. The van der Waals surface area contributed by atoms with Crippen molar-refractivity contribution < 1.29 is 19.2 Å². The summed E-state index contributed by atoms with van der Waals surface area (Å²) in [6.45, 7) is 0.441. The Labute approximate surface area is 267 Å². The zero-order valence-electron chi connectivity index (χ0n) is 25.4. The second-order valence-corrected chi connectivity index (χ2v) is 12.8. The fraction of sp³-hybridized carbons (Fsp3) is 0.297. The molecule has 7 rings (SSSR count). The van der Waals surface area contributed by atoms with Gasteiger partial charge in [0.25, 0.3) is 0 Å². The first kappa shape index (κ1) is 29.5. The van der Waals surface area contributed by atoms with Crippen LogP contribution >= 0.6 is 11.3 Å². The summed E-state index contributed by atoms with van der Waals surface area (Å²) in [5, 5.41) is 6.39. The van der Waals surface area contributed by atoms with Crippen molar-refractivity contribution in [1.82, 2.24) is 10.6 Å². The molecule has 2 aliphatic carbocycles. The van der Waals surface area contributed by atoms with Gasteiger partial charge in [-0.1, -0.05) is 54.6 Å². The fourth-order valence-corrected chi connectivity index (χ4v) is 7.61. The number of amides is 3. The molecule has 3 amide bonds. The van der Waals surface area contributed by atoms with Crippen LogP contribution < -0.4 is 15.7 Å². The Bertz CT molecular complexity index is 1770. The van der Waals surface area contributed by atoms with Gasteiger partial charge < -0.3 is 15.4 Å². The molecule has 1 unspecified atom stereocenters. The second-order valence-electron chi connectivity index (χ2n) is 11.7. The second kappa shape index (κ2) is 13.0. The Morgan fingerprint density at radius 2 is 1.78 bits per heavy atom. The Morgan fingerprint density at radius 1 is 0.911 bits per heavy atom. The van der Waals surface area contributed by atoms with Crippen molar-refractivity contribution in [3.05, 3.63) is 99.9 Å². The van der Waals surface area contributed by atoms with Gasteiger partial charge in [0.05, 0.1) is 12.2 Å². The van der Waals surface area contributed by atoms with Crippen molar-refractivity contribution in [2.75, 3.05) is 25.3 Å². The van der Waals surface area contributed by atoms with E-state index in [2.05, 4.69) is 65.2 Å². The van der Waals surface area contributed by atoms with Crippen molar-refractivity contribution in [1.29, 1.82) is 0 Å². The highest BCUT2D eigenvalue weighted by Crippen LogP contribution is 2.42. The van der Waals surface area contributed by atoms with Gasteiger partial charge in [-0.15, -0.1) is 11.3 Å². The van der Waals surface area contributed by atoms with Crippen molar-refractivity contribution in [3.8, 4) is 21.6 Å². The molecule has 3 aromatic carbocycles. The van der Waals surface area contributed by atoms with E-state index in [1.165, 1.54) is 55.9 Å². The molecular formula is C37H37N3O4S. The number of anilines is 1. The molecule has 0 spiro atoms. The van der Waals surface area contributed by atoms with Crippen LogP contribution in [0.25, 0.3) is 33.2 Å². The molecule has 2 heterocycles. The molecule has 0 saturated carbocycles. The molecule has 1 atom stereocenters. The number of thiophene rings is 1. The minimum absolute atomic E-state index is 0.150. The molecule has 3 aliphatic rings. The molecule has 1 saturated heterocycles. The Hall–Kier alpha value is -4.24. The topological polar surface area (TPSA) is 79.9 Å². The van der Waals surface area contributed by atoms with Gasteiger partial charge in [-0.05, 0) is 107 Å². The minimum Gasteiger partial charge on any atom is -0.358 e. The molecule has 1 fully saturated rings. The van der Waals surface area contributed by atoms with Crippen LogP contribution in [0.5, 0.6) is 0 Å². The molecule has 230 valence electrons. The predicted octanol–water partition coefficient (Wildman–Crippen LogP) is 7.39. The van der Waals surface area contributed by atoms with Crippen LogP contribution in [0.2, 0.25) is 0 Å². The highest BCUT2D eigenvalue weighted by Gasteiger charge is 2.26. The van der Waals surface area contributed by atoms with E-state index in [1.54, 1.807) is 11.3 Å². The first-order chi connectivity index (χ1) is 22.1. The summed E-state index contributed by atoms with van der Waals surface area (Å²) < 4.78 is 5.76. The molecule has 4 aromatic rings. The summed E-state index contributed by atoms with van der Waals surface area (Å²) in [6, 6.07) is 25.0. The number of allylic oxidation sites excluding steroid dienone is 1. The summed E-state index contributed by atoms with van der Waals surface area (Å²) in [6.07, 6.45) is 8.76. The highest BCUT2D eigenvalue weighted by atomic mass is 32.1. The third kappa shape index (κ3) is 6.18. The number of hydrogen-bond acceptors (Lipinski definition) is 5. The molecule has 7 nitrogen and oxygen atoms in total. The van der Waals surface area contributed by atoms with Gasteiger partial charge in [0.15, 0.2) is 6.29 Å². The Kier molecular flexibility index (Phi) is 8.52. The quantitative estimate of drug-likeness (QED) is 0.212. The van der Waals surface area contributed by atoms with Gasteiger partial charge in [-0.2, -0.15) is 5.06 Å².